The van der Waals surface area contributed by atoms with E-state index < -0.39 is 11.7 Å². The minimum atomic E-state index is -0.550. The fourth-order valence-electron chi connectivity index (χ4n) is 1.55. The molecule has 1 aromatic rings. The smallest absolute Gasteiger partial charge is 0.408 e. The van der Waals surface area contributed by atoms with Crippen molar-refractivity contribution in [3.63, 3.8) is 0 Å². The van der Waals surface area contributed by atoms with Gasteiger partial charge in [-0.3, -0.25) is 0 Å². The number of nitrogens with one attached hydrogen (secondary N) is 1. The summed E-state index contributed by atoms with van der Waals surface area (Å²) in [6.45, 7) is 11.2. The van der Waals surface area contributed by atoms with Gasteiger partial charge in [0.2, 0.25) is 5.89 Å². The van der Waals surface area contributed by atoms with Crippen LogP contribution < -0.4 is 5.32 Å². The molecule has 130 valence electrons. The highest BCUT2D eigenvalue weighted by Gasteiger charge is 2.24. The summed E-state index contributed by atoms with van der Waals surface area (Å²) >= 11 is 3.12. The zero-order valence-electron chi connectivity index (χ0n) is 14.3. The summed E-state index contributed by atoms with van der Waals surface area (Å²) in [6, 6.07) is -0.357. The summed E-state index contributed by atoms with van der Waals surface area (Å²) in [7, 11) is 0. The Bertz CT molecular complexity index is 526. The third-order valence-electron chi connectivity index (χ3n) is 2.46. The van der Waals surface area contributed by atoms with Crippen molar-refractivity contribution in [2.24, 2.45) is 0 Å². The molecular weight excluding hydrogens is 334 g/mol. The molecule has 0 fully saturated rings. The van der Waals surface area contributed by atoms with Crippen LogP contribution in [0.15, 0.2) is 21.8 Å². The van der Waals surface area contributed by atoms with E-state index in [1.54, 1.807) is 11.8 Å². The molecule has 1 rings (SSSR count). The average Bonchev–Trinajstić information content (AvgIpc) is 2.87. The predicted molar refractivity (Wildman–Crippen MR) is 94.9 cm³/mol. The summed E-state index contributed by atoms with van der Waals surface area (Å²) in [6.07, 6.45) is 2.21. The van der Waals surface area contributed by atoms with E-state index in [1.807, 2.05) is 34.0 Å². The summed E-state index contributed by atoms with van der Waals surface area (Å²) in [4.78, 5) is 12.0. The molecule has 0 aliphatic rings. The standard InChI is InChI=1S/C15H25N3O3S2/c1-10(2)9-23-14-18-17-12(20-14)11(7-8-22-6)16-13(19)21-15(3,4)5/h11H,1,7-9H2,2-6H3,(H,16,19)/t11-/m0/s1. The summed E-state index contributed by atoms with van der Waals surface area (Å²) in [5.41, 5.74) is 0.478. The number of carbonyl (C=O) groups excluding carboxylic acids is 1. The minimum Gasteiger partial charge on any atom is -0.444 e. The lowest BCUT2D eigenvalue weighted by Crippen LogP contribution is -2.35. The number of ether oxygens (including phenoxy) is 1. The molecule has 0 aliphatic carbocycles. The van der Waals surface area contributed by atoms with Crippen molar-refractivity contribution in [1.29, 1.82) is 0 Å². The molecule has 6 nitrogen and oxygen atoms in total. The van der Waals surface area contributed by atoms with Gasteiger partial charge in [-0.05, 0) is 46.1 Å². The number of carbonyl (C=O) groups is 1. The Kier molecular flexibility index (Phi) is 7.98. The Morgan fingerprint density at radius 3 is 2.70 bits per heavy atom. The molecule has 1 aromatic heterocycles. The van der Waals surface area contributed by atoms with Crippen LogP contribution in [0.3, 0.4) is 0 Å². The number of aromatic nitrogens is 2. The van der Waals surface area contributed by atoms with E-state index in [2.05, 4.69) is 22.1 Å². The number of rotatable bonds is 8. The lowest BCUT2D eigenvalue weighted by molar-refractivity contribution is 0.0493. The van der Waals surface area contributed by atoms with Crippen molar-refractivity contribution in [2.75, 3.05) is 17.8 Å². The molecule has 0 bridgehead atoms. The molecule has 1 amide bonds. The van der Waals surface area contributed by atoms with Crippen molar-refractivity contribution < 1.29 is 13.9 Å². The van der Waals surface area contributed by atoms with Crippen LogP contribution in [0.1, 0.15) is 46.0 Å². The van der Waals surface area contributed by atoms with Crippen LogP contribution in [-0.2, 0) is 4.74 Å². The van der Waals surface area contributed by atoms with Crippen LogP contribution >= 0.6 is 23.5 Å². The van der Waals surface area contributed by atoms with Crippen molar-refractivity contribution >= 4 is 29.6 Å². The Morgan fingerprint density at radius 1 is 1.43 bits per heavy atom. The van der Waals surface area contributed by atoms with E-state index in [9.17, 15) is 4.79 Å². The van der Waals surface area contributed by atoms with Gasteiger partial charge in [-0.2, -0.15) is 11.8 Å². The Morgan fingerprint density at radius 2 is 2.13 bits per heavy atom. The quantitative estimate of drug-likeness (QED) is 0.554. The molecule has 0 radical (unpaired) electrons. The first-order valence-corrected chi connectivity index (χ1v) is 9.68. The highest BCUT2D eigenvalue weighted by molar-refractivity contribution is 7.99. The maximum atomic E-state index is 12.0. The van der Waals surface area contributed by atoms with Crippen LogP contribution in [0.25, 0.3) is 0 Å². The normalized spacial score (nSPS) is 12.7. The molecule has 8 heteroatoms. The first-order chi connectivity index (χ1) is 10.7. The maximum absolute atomic E-state index is 12.0. The fourth-order valence-corrected chi connectivity index (χ4v) is 2.63. The number of amides is 1. The second-order valence-corrected chi connectivity index (χ2v) is 8.04. The predicted octanol–water partition coefficient (Wildman–Crippen LogP) is 4.06. The molecule has 1 N–H and O–H groups in total. The monoisotopic (exact) mass is 359 g/mol. The maximum Gasteiger partial charge on any atom is 0.408 e. The third kappa shape index (κ3) is 8.31. The van der Waals surface area contributed by atoms with Crippen LogP contribution in [0.5, 0.6) is 0 Å². The molecule has 23 heavy (non-hydrogen) atoms. The van der Waals surface area contributed by atoms with Gasteiger partial charge in [-0.25, -0.2) is 4.79 Å². The molecule has 0 spiro atoms. The molecule has 0 aromatic carbocycles. The van der Waals surface area contributed by atoms with Crippen molar-refractivity contribution in [1.82, 2.24) is 15.5 Å². The second-order valence-electron chi connectivity index (χ2n) is 6.13. The van der Waals surface area contributed by atoms with Gasteiger partial charge in [0.25, 0.3) is 5.22 Å². The van der Waals surface area contributed by atoms with E-state index in [4.69, 9.17) is 9.15 Å². The van der Waals surface area contributed by atoms with E-state index in [-0.39, 0.29) is 6.04 Å². The van der Waals surface area contributed by atoms with Gasteiger partial charge in [0.05, 0.1) is 0 Å². The molecule has 0 unspecified atom stereocenters. The summed E-state index contributed by atoms with van der Waals surface area (Å²) in [5, 5.41) is 11.3. The van der Waals surface area contributed by atoms with E-state index in [1.165, 1.54) is 11.8 Å². The number of hydrogen-bond donors (Lipinski definition) is 1. The zero-order chi connectivity index (χ0) is 17.5. The molecule has 0 aliphatic heterocycles. The first-order valence-electron chi connectivity index (χ1n) is 7.30. The largest absolute Gasteiger partial charge is 0.444 e. The highest BCUT2D eigenvalue weighted by Crippen LogP contribution is 2.24. The lowest BCUT2D eigenvalue weighted by atomic mass is 10.2. The summed E-state index contributed by atoms with van der Waals surface area (Å²) in [5.74, 6) is 1.97. The lowest BCUT2D eigenvalue weighted by Gasteiger charge is -2.22. The van der Waals surface area contributed by atoms with Crippen molar-refractivity contribution in [2.45, 2.75) is 51.0 Å². The van der Waals surface area contributed by atoms with Gasteiger partial charge in [0.1, 0.15) is 11.6 Å². The van der Waals surface area contributed by atoms with Crippen LogP contribution in [0, 0.1) is 0 Å². The number of thioether (sulfide) groups is 2. The molecule has 0 saturated heterocycles. The van der Waals surface area contributed by atoms with E-state index in [0.29, 0.717) is 17.5 Å². The van der Waals surface area contributed by atoms with Crippen molar-refractivity contribution in [3.05, 3.63) is 18.0 Å². The Hall–Kier alpha value is -1.15. The Balaban J connectivity index is 2.73. The van der Waals surface area contributed by atoms with E-state index >= 15 is 0 Å². The van der Waals surface area contributed by atoms with Crippen LogP contribution in [0.2, 0.25) is 0 Å². The fraction of sp³-hybridized carbons (Fsp3) is 0.667. The van der Waals surface area contributed by atoms with Gasteiger partial charge in [0, 0.05) is 5.75 Å². The highest BCUT2D eigenvalue weighted by atomic mass is 32.2. The second kappa shape index (κ2) is 9.22. The third-order valence-corrected chi connectivity index (χ3v) is 4.16. The molecular formula is C15H25N3O3S2. The molecule has 1 atom stereocenters. The Labute approximate surface area is 146 Å². The summed E-state index contributed by atoms with van der Waals surface area (Å²) < 4.78 is 10.9. The number of hydrogen-bond acceptors (Lipinski definition) is 7. The van der Waals surface area contributed by atoms with Gasteiger partial charge in [-0.15, -0.1) is 10.2 Å². The molecule has 1 heterocycles. The van der Waals surface area contributed by atoms with Crippen LogP contribution in [0.4, 0.5) is 4.79 Å². The van der Waals surface area contributed by atoms with Gasteiger partial charge < -0.3 is 14.5 Å². The topological polar surface area (TPSA) is 77.2 Å². The van der Waals surface area contributed by atoms with Crippen molar-refractivity contribution in [3.8, 4) is 0 Å². The molecule has 0 saturated carbocycles. The van der Waals surface area contributed by atoms with Crippen LogP contribution in [-0.4, -0.2) is 39.7 Å². The van der Waals surface area contributed by atoms with Gasteiger partial charge >= 0.3 is 6.09 Å². The van der Waals surface area contributed by atoms with Gasteiger partial charge in [0.15, 0.2) is 0 Å². The minimum absolute atomic E-state index is 0.357. The number of alkyl carbamates (subject to hydrolysis) is 1. The SMILES string of the molecule is C=C(C)CSc1nnc([C@H](CCSC)NC(=O)OC(C)(C)C)o1. The van der Waals surface area contributed by atoms with Gasteiger partial charge in [-0.1, -0.05) is 23.9 Å². The van der Waals surface area contributed by atoms with E-state index in [0.717, 1.165) is 17.1 Å². The first kappa shape index (κ1) is 19.9. The zero-order valence-corrected chi connectivity index (χ0v) is 16.0. The average molecular weight is 360 g/mol. The number of nitrogens with zero attached hydrogens (tertiary/aromatic N) is 2.